The quantitative estimate of drug-likeness (QED) is 0.519. The molecule has 33 heavy (non-hydrogen) atoms. The third kappa shape index (κ3) is 5.18. The van der Waals surface area contributed by atoms with Gasteiger partial charge in [0.25, 0.3) is 0 Å². The van der Waals surface area contributed by atoms with E-state index in [2.05, 4.69) is 34.2 Å². The molecule has 0 radical (unpaired) electrons. The Labute approximate surface area is 191 Å². The van der Waals surface area contributed by atoms with Gasteiger partial charge < -0.3 is 16.0 Å². The third-order valence-electron chi connectivity index (χ3n) is 6.15. The Morgan fingerprint density at radius 3 is 2.42 bits per heavy atom. The van der Waals surface area contributed by atoms with Gasteiger partial charge >= 0.3 is 6.03 Å². The van der Waals surface area contributed by atoms with Crippen LogP contribution < -0.4 is 16.0 Å². The number of amides is 2. The number of carbonyl (C=O) groups is 1. The normalized spacial score (nSPS) is 14.8. The van der Waals surface area contributed by atoms with Gasteiger partial charge in [0.2, 0.25) is 0 Å². The number of halogens is 2. The van der Waals surface area contributed by atoms with Crippen LogP contribution in [0.4, 0.5) is 19.3 Å². The first-order valence-electron chi connectivity index (χ1n) is 10.8. The number of nitrogens with zero attached hydrogens (tertiary/aromatic N) is 1. The van der Waals surface area contributed by atoms with Crippen LogP contribution in [0.1, 0.15) is 24.0 Å². The fourth-order valence-corrected chi connectivity index (χ4v) is 4.26. The summed E-state index contributed by atoms with van der Waals surface area (Å²) in [7, 11) is 0. The molecule has 1 saturated heterocycles. The number of rotatable bonds is 5. The zero-order valence-corrected chi connectivity index (χ0v) is 18.0. The van der Waals surface area contributed by atoms with Gasteiger partial charge in [-0.2, -0.15) is 5.26 Å². The zero-order chi connectivity index (χ0) is 23.3. The van der Waals surface area contributed by atoms with Crippen molar-refractivity contribution in [3.63, 3.8) is 0 Å². The van der Waals surface area contributed by atoms with E-state index in [-0.39, 0.29) is 11.1 Å². The predicted octanol–water partition coefficient (Wildman–Crippen LogP) is 4.95. The lowest BCUT2D eigenvalue weighted by Gasteiger charge is -2.38. The first-order valence-corrected chi connectivity index (χ1v) is 10.8. The van der Waals surface area contributed by atoms with Crippen LogP contribution in [0.5, 0.6) is 0 Å². The summed E-state index contributed by atoms with van der Waals surface area (Å²) < 4.78 is 26.5. The summed E-state index contributed by atoms with van der Waals surface area (Å²) in [5.74, 6) is -1.97. The van der Waals surface area contributed by atoms with E-state index in [1.165, 1.54) is 6.07 Å². The molecule has 4 rings (SSSR count). The molecular weight excluding hydrogens is 422 g/mol. The highest BCUT2D eigenvalue weighted by atomic mass is 19.2. The maximum Gasteiger partial charge on any atom is 0.319 e. The molecule has 168 valence electrons. The fourth-order valence-electron chi connectivity index (χ4n) is 4.26. The molecule has 3 N–H and O–H groups in total. The van der Waals surface area contributed by atoms with Crippen molar-refractivity contribution in [2.75, 3.05) is 25.0 Å². The van der Waals surface area contributed by atoms with E-state index in [0.29, 0.717) is 12.1 Å². The summed E-state index contributed by atoms with van der Waals surface area (Å²) in [4.78, 5) is 12.4. The molecule has 5 nitrogen and oxygen atoms in total. The molecule has 0 unspecified atom stereocenters. The van der Waals surface area contributed by atoms with Crippen molar-refractivity contribution in [1.82, 2.24) is 10.6 Å². The lowest BCUT2D eigenvalue weighted by atomic mass is 9.73. The molecule has 1 aliphatic heterocycles. The SMILES string of the molecule is N#Cc1cccc(-c2ccc(C3(CNC(=O)Nc4ccc(F)c(F)c4)CCNCC3)cc2)c1. The van der Waals surface area contributed by atoms with Crippen LogP contribution in [0.15, 0.2) is 66.7 Å². The molecule has 1 fully saturated rings. The maximum absolute atomic E-state index is 13.4. The van der Waals surface area contributed by atoms with Gasteiger partial charge in [-0.3, -0.25) is 0 Å². The van der Waals surface area contributed by atoms with Crippen LogP contribution in [-0.2, 0) is 5.41 Å². The molecule has 0 aromatic heterocycles. The number of nitrogens with one attached hydrogen (secondary N) is 3. The molecule has 0 aliphatic carbocycles. The molecule has 0 saturated carbocycles. The molecule has 1 aliphatic rings. The van der Waals surface area contributed by atoms with E-state index in [4.69, 9.17) is 5.26 Å². The summed E-state index contributed by atoms with van der Waals surface area (Å²) >= 11 is 0. The molecular formula is C26H24F2N4O. The molecule has 1 heterocycles. The third-order valence-corrected chi connectivity index (χ3v) is 6.15. The first kappa shape index (κ1) is 22.4. The molecule has 7 heteroatoms. The lowest BCUT2D eigenvalue weighted by molar-refractivity contribution is 0.242. The number of anilines is 1. The minimum Gasteiger partial charge on any atom is -0.337 e. The van der Waals surface area contributed by atoms with Gasteiger partial charge in [0.05, 0.1) is 11.6 Å². The first-order chi connectivity index (χ1) is 16.0. The van der Waals surface area contributed by atoms with Crippen molar-refractivity contribution in [3.8, 4) is 17.2 Å². The van der Waals surface area contributed by atoms with Gasteiger partial charge in [0, 0.05) is 23.7 Å². The second kappa shape index (κ2) is 9.80. The van der Waals surface area contributed by atoms with Crippen LogP contribution in [-0.4, -0.2) is 25.7 Å². The minimum absolute atomic E-state index is 0.190. The number of benzene rings is 3. The van der Waals surface area contributed by atoms with Crippen molar-refractivity contribution in [3.05, 3.63) is 89.5 Å². The van der Waals surface area contributed by atoms with Crippen LogP contribution >= 0.6 is 0 Å². The largest absolute Gasteiger partial charge is 0.337 e. The van der Waals surface area contributed by atoms with Crippen LogP contribution in [0.3, 0.4) is 0 Å². The van der Waals surface area contributed by atoms with Gasteiger partial charge in [-0.25, -0.2) is 13.6 Å². The Kier molecular flexibility index (Phi) is 6.66. The highest BCUT2D eigenvalue weighted by molar-refractivity contribution is 5.89. The van der Waals surface area contributed by atoms with Crippen LogP contribution in [0.2, 0.25) is 0 Å². The van der Waals surface area contributed by atoms with Crippen molar-refractivity contribution in [2.45, 2.75) is 18.3 Å². The molecule has 0 atom stereocenters. The van der Waals surface area contributed by atoms with E-state index >= 15 is 0 Å². The number of piperidine rings is 1. The van der Waals surface area contributed by atoms with Gasteiger partial charge in [-0.15, -0.1) is 0 Å². The van der Waals surface area contributed by atoms with Crippen LogP contribution in [0, 0.1) is 23.0 Å². The summed E-state index contributed by atoms with van der Waals surface area (Å²) in [5.41, 5.74) is 3.67. The van der Waals surface area contributed by atoms with Crippen molar-refractivity contribution in [2.24, 2.45) is 0 Å². The van der Waals surface area contributed by atoms with E-state index in [1.807, 2.05) is 30.3 Å². The van der Waals surface area contributed by atoms with E-state index < -0.39 is 17.7 Å². The number of carbonyl (C=O) groups excluding carboxylic acids is 1. The number of nitriles is 1. The second-order valence-corrected chi connectivity index (χ2v) is 8.24. The van der Waals surface area contributed by atoms with E-state index in [9.17, 15) is 13.6 Å². The second-order valence-electron chi connectivity index (χ2n) is 8.24. The monoisotopic (exact) mass is 446 g/mol. The number of hydrogen-bond acceptors (Lipinski definition) is 3. The summed E-state index contributed by atoms with van der Waals surface area (Å²) in [6.07, 6.45) is 1.70. The predicted molar refractivity (Wildman–Crippen MR) is 124 cm³/mol. The van der Waals surface area contributed by atoms with E-state index in [0.717, 1.165) is 54.8 Å². The maximum atomic E-state index is 13.4. The number of urea groups is 1. The Balaban J connectivity index is 1.49. The Bertz CT molecular complexity index is 1180. The van der Waals surface area contributed by atoms with Crippen molar-refractivity contribution in [1.29, 1.82) is 5.26 Å². The van der Waals surface area contributed by atoms with Gasteiger partial charge in [-0.05, 0) is 66.9 Å². The topological polar surface area (TPSA) is 77.0 Å². The highest BCUT2D eigenvalue weighted by Gasteiger charge is 2.34. The summed E-state index contributed by atoms with van der Waals surface area (Å²) in [5, 5.41) is 18.0. The van der Waals surface area contributed by atoms with Gasteiger partial charge in [0.1, 0.15) is 0 Å². The number of hydrogen-bond donors (Lipinski definition) is 3. The average Bonchev–Trinajstić information content (AvgIpc) is 2.86. The minimum atomic E-state index is -1.01. The smallest absolute Gasteiger partial charge is 0.319 e. The molecule has 3 aromatic rings. The van der Waals surface area contributed by atoms with E-state index in [1.54, 1.807) is 6.07 Å². The average molecular weight is 447 g/mol. The molecule has 0 spiro atoms. The Morgan fingerprint density at radius 1 is 0.970 bits per heavy atom. The van der Waals surface area contributed by atoms with Crippen LogP contribution in [0.25, 0.3) is 11.1 Å². The molecule has 3 aromatic carbocycles. The Hall–Kier alpha value is -3.76. The lowest BCUT2D eigenvalue weighted by Crippen LogP contribution is -2.48. The molecule has 2 amide bonds. The fraction of sp³-hybridized carbons (Fsp3) is 0.231. The molecule has 0 bridgehead atoms. The summed E-state index contributed by atoms with van der Waals surface area (Å²) in [6.45, 7) is 2.07. The van der Waals surface area contributed by atoms with Crippen molar-refractivity contribution < 1.29 is 13.6 Å². The summed E-state index contributed by atoms with van der Waals surface area (Å²) in [6, 6.07) is 20.7. The standard InChI is InChI=1S/C26H24F2N4O/c27-23-9-8-22(15-24(23)28)32-25(33)31-17-26(10-12-30-13-11-26)21-6-4-19(5-7-21)20-3-1-2-18(14-20)16-29/h1-9,14-15,30H,10-13,17H2,(H2,31,32,33). The van der Waals surface area contributed by atoms with Gasteiger partial charge in [0.15, 0.2) is 11.6 Å². The Morgan fingerprint density at radius 2 is 1.73 bits per heavy atom. The van der Waals surface area contributed by atoms with Gasteiger partial charge in [-0.1, -0.05) is 36.4 Å². The van der Waals surface area contributed by atoms with Crippen molar-refractivity contribution >= 4 is 11.7 Å². The highest BCUT2D eigenvalue weighted by Crippen LogP contribution is 2.34. The zero-order valence-electron chi connectivity index (χ0n) is 18.0.